The molecule has 7 atom stereocenters. The molecule has 0 aromatic heterocycles. The van der Waals surface area contributed by atoms with Crippen molar-refractivity contribution >= 4 is 5.91 Å². The van der Waals surface area contributed by atoms with Crippen LogP contribution in [0.25, 0.3) is 0 Å². The van der Waals surface area contributed by atoms with Crippen molar-refractivity contribution in [3.05, 3.63) is 12.2 Å². The second kappa shape index (κ2) is 32.6. The van der Waals surface area contributed by atoms with E-state index in [9.17, 15) is 30.3 Å². The van der Waals surface area contributed by atoms with E-state index in [2.05, 4.69) is 19.2 Å². The van der Waals surface area contributed by atoms with E-state index in [1.165, 1.54) is 128 Å². The van der Waals surface area contributed by atoms with E-state index >= 15 is 0 Å². The molecule has 1 aliphatic rings. The largest absolute Gasteiger partial charge is 0.394 e. The van der Waals surface area contributed by atoms with E-state index in [4.69, 9.17) is 9.47 Å². The molecule has 1 amide bonds. The topological polar surface area (TPSA) is 149 Å². The molecule has 0 saturated carbocycles. The van der Waals surface area contributed by atoms with E-state index in [1.807, 2.05) is 6.08 Å². The lowest BCUT2D eigenvalue weighted by atomic mass is 9.99. The van der Waals surface area contributed by atoms with E-state index in [0.717, 1.165) is 38.5 Å². The summed E-state index contributed by atoms with van der Waals surface area (Å²) >= 11 is 0. The SMILES string of the molecule is CCCCCCCCCCCCCC=CC(O)C(COC1OC(CO)C(O)C(O)C1O)NC(=O)CCCCCCCCCCCCCCCC. The summed E-state index contributed by atoms with van der Waals surface area (Å²) in [5.41, 5.74) is 0. The Bertz CT molecular complexity index is 797. The van der Waals surface area contributed by atoms with Crippen LogP contribution in [-0.4, -0.2) is 87.5 Å². The summed E-state index contributed by atoms with van der Waals surface area (Å²) in [6.07, 6.45) is 28.2. The average Bonchev–Trinajstić information content (AvgIpc) is 3.11. The normalized spacial score (nSPS) is 22.3. The molecule has 1 rings (SSSR count). The molecule has 7 unspecified atom stereocenters. The van der Waals surface area contributed by atoms with Gasteiger partial charge in [-0.3, -0.25) is 4.79 Å². The molecule has 0 aromatic rings. The monoisotopic (exact) mass is 714 g/mol. The summed E-state index contributed by atoms with van der Waals surface area (Å²) in [6, 6.07) is -0.796. The van der Waals surface area contributed by atoms with E-state index in [0.29, 0.717) is 6.42 Å². The number of unbranched alkanes of at least 4 members (excludes halogenated alkanes) is 24. The number of hydrogen-bond donors (Lipinski definition) is 6. The smallest absolute Gasteiger partial charge is 0.220 e. The maximum absolute atomic E-state index is 12.9. The Morgan fingerprint density at radius 1 is 0.660 bits per heavy atom. The Morgan fingerprint density at radius 2 is 1.10 bits per heavy atom. The molecule has 1 fully saturated rings. The van der Waals surface area contributed by atoms with Gasteiger partial charge in [0.25, 0.3) is 0 Å². The number of aliphatic hydroxyl groups is 5. The maximum Gasteiger partial charge on any atom is 0.220 e. The quantitative estimate of drug-likeness (QED) is 0.0293. The third-order valence-corrected chi connectivity index (χ3v) is 10.1. The standard InChI is InChI=1S/C41H79NO8/c1-3-5-7-9-11-13-15-17-19-21-23-25-27-29-31-37(45)42-34(33-49-41-40(48)39(47)38(46)36(32-43)50-41)35(44)30-28-26-24-22-20-18-16-14-12-10-8-6-4-2/h28,30,34-36,38-41,43-44,46-48H,3-27,29,31-33H2,1-2H3,(H,42,45). The van der Waals surface area contributed by atoms with Crippen molar-refractivity contribution in [3.63, 3.8) is 0 Å². The second-order valence-electron chi connectivity index (χ2n) is 14.8. The third-order valence-electron chi connectivity index (χ3n) is 10.1. The molecule has 9 heteroatoms. The van der Waals surface area contributed by atoms with E-state index in [-0.39, 0.29) is 12.5 Å². The van der Waals surface area contributed by atoms with Crippen LogP contribution in [0.15, 0.2) is 12.2 Å². The lowest BCUT2D eigenvalue weighted by Gasteiger charge is -2.40. The minimum Gasteiger partial charge on any atom is -0.394 e. The third kappa shape index (κ3) is 23.5. The number of hydrogen-bond acceptors (Lipinski definition) is 8. The number of aliphatic hydroxyl groups excluding tert-OH is 5. The Hall–Kier alpha value is -1.07. The molecule has 6 N–H and O–H groups in total. The zero-order valence-corrected chi connectivity index (χ0v) is 32.2. The molecular weight excluding hydrogens is 634 g/mol. The fraction of sp³-hybridized carbons (Fsp3) is 0.927. The number of carbonyl (C=O) groups excluding carboxylic acids is 1. The molecular formula is C41H79NO8. The highest BCUT2D eigenvalue weighted by Crippen LogP contribution is 2.22. The molecule has 1 heterocycles. The van der Waals surface area contributed by atoms with Gasteiger partial charge in [0.2, 0.25) is 5.91 Å². The van der Waals surface area contributed by atoms with Gasteiger partial charge in [-0.05, 0) is 19.3 Å². The molecule has 0 radical (unpaired) electrons. The summed E-state index contributed by atoms with van der Waals surface area (Å²) in [4.78, 5) is 12.9. The van der Waals surface area contributed by atoms with Crippen LogP contribution in [-0.2, 0) is 14.3 Å². The highest BCUT2D eigenvalue weighted by atomic mass is 16.7. The molecule has 0 spiro atoms. The summed E-state index contributed by atoms with van der Waals surface area (Å²) in [5.74, 6) is -0.177. The first-order chi connectivity index (χ1) is 24.3. The Kier molecular flexibility index (Phi) is 30.6. The van der Waals surface area contributed by atoms with Crippen LogP contribution in [0.5, 0.6) is 0 Å². The fourth-order valence-electron chi connectivity index (χ4n) is 6.68. The van der Waals surface area contributed by atoms with Crippen molar-refractivity contribution in [2.45, 2.75) is 230 Å². The number of ether oxygens (including phenoxy) is 2. The summed E-state index contributed by atoms with van der Waals surface area (Å²) in [7, 11) is 0. The summed E-state index contributed by atoms with van der Waals surface area (Å²) < 4.78 is 11.2. The van der Waals surface area contributed by atoms with Gasteiger partial charge in [0, 0.05) is 6.42 Å². The van der Waals surface area contributed by atoms with Gasteiger partial charge in [-0.25, -0.2) is 0 Å². The second-order valence-corrected chi connectivity index (χ2v) is 14.8. The average molecular weight is 714 g/mol. The van der Waals surface area contributed by atoms with E-state index < -0.39 is 49.5 Å². The summed E-state index contributed by atoms with van der Waals surface area (Å²) in [6.45, 7) is 3.76. The van der Waals surface area contributed by atoms with Gasteiger partial charge in [-0.1, -0.05) is 174 Å². The molecule has 50 heavy (non-hydrogen) atoms. The maximum atomic E-state index is 12.9. The predicted octanol–water partition coefficient (Wildman–Crippen LogP) is 7.78. The first kappa shape index (κ1) is 47.0. The lowest BCUT2D eigenvalue weighted by molar-refractivity contribution is -0.302. The number of nitrogens with one attached hydrogen (secondary N) is 1. The Balaban J connectivity index is 2.41. The van der Waals surface area contributed by atoms with Crippen molar-refractivity contribution in [1.29, 1.82) is 0 Å². The van der Waals surface area contributed by atoms with Gasteiger partial charge in [-0.2, -0.15) is 0 Å². The van der Waals surface area contributed by atoms with Crippen molar-refractivity contribution in [2.24, 2.45) is 0 Å². The van der Waals surface area contributed by atoms with Gasteiger partial charge in [0.15, 0.2) is 6.29 Å². The van der Waals surface area contributed by atoms with Crippen LogP contribution in [0.4, 0.5) is 0 Å². The molecule has 296 valence electrons. The molecule has 0 aromatic carbocycles. The highest BCUT2D eigenvalue weighted by Gasteiger charge is 2.44. The van der Waals surface area contributed by atoms with E-state index in [1.54, 1.807) is 6.08 Å². The molecule has 0 bridgehead atoms. The minimum absolute atomic E-state index is 0.177. The zero-order chi connectivity index (χ0) is 36.7. The van der Waals surface area contributed by atoms with Crippen molar-refractivity contribution in [2.75, 3.05) is 13.2 Å². The number of carbonyl (C=O) groups is 1. The lowest BCUT2D eigenvalue weighted by Crippen LogP contribution is -2.60. The Labute approximate surface area is 306 Å². The highest BCUT2D eigenvalue weighted by molar-refractivity contribution is 5.76. The predicted molar refractivity (Wildman–Crippen MR) is 203 cm³/mol. The van der Waals surface area contributed by atoms with Crippen LogP contribution in [0.3, 0.4) is 0 Å². The van der Waals surface area contributed by atoms with Crippen LogP contribution in [0.1, 0.15) is 187 Å². The minimum atomic E-state index is -1.56. The van der Waals surface area contributed by atoms with Gasteiger partial charge < -0.3 is 40.3 Å². The van der Waals surface area contributed by atoms with Gasteiger partial charge >= 0.3 is 0 Å². The molecule has 9 nitrogen and oxygen atoms in total. The van der Waals surface area contributed by atoms with Crippen LogP contribution >= 0.6 is 0 Å². The fourth-order valence-corrected chi connectivity index (χ4v) is 6.68. The van der Waals surface area contributed by atoms with Crippen molar-refractivity contribution in [1.82, 2.24) is 5.32 Å². The molecule has 1 saturated heterocycles. The first-order valence-corrected chi connectivity index (χ1v) is 20.9. The molecule has 0 aliphatic carbocycles. The van der Waals surface area contributed by atoms with Crippen LogP contribution < -0.4 is 5.32 Å². The van der Waals surface area contributed by atoms with Gasteiger partial charge in [0.05, 0.1) is 25.4 Å². The number of allylic oxidation sites excluding steroid dienone is 1. The van der Waals surface area contributed by atoms with Gasteiger partial charge in [0.1, 0.15) is 24.4 Å². The van der Waals surface area contributed by atoms with Crippen LogP contribution in [0, 0.1) is 0 Å². The first-order valence-electron chi connectivity index (χ1n) is 20.9. The van der Waals surface area contributed by atoms with Crippen molar-refractivity contribution in [3.8, 4) is 0 Å². The summed E-state index contributed by atoms with van der Waals surface area (Å²) in [5, 5.41) is 54.0. The number of rotatable bonds is 34. The van der Waals surface area contributed by atoms with Gasteiger partial charge in [-0.15, -0.1) is 0 Å². The molecule has 1 aliphatic heterocycles. The number of amides is 1. The zero-order valence-electron chi connectivity index (χ0n) is 32.2. The van der Waals surface area contributed by atoms with Crippen molar-refractivity contribution < 1.29 is 39.8 Å². The van der Waals surface area contributed by atoms with Crippen LogP contribution in [0.2, 0.25) is 0 Å². The Morgan fingerprint density at radius 3 is 1.56 bits per heavy atom.